The molecule has 10 heteroatoms. The van der Waals surface area contributed by atoms with E-state index < -0.39 is 0 Å². The van der Waals surface area contributed by atoms with Crippen molar-refractivity contribution in [3.05, 3.63) is 59.0 Å². The fourth-order valence-electron chi connectivity index (χ4n) is 2.89. The minimum absolute atomic E-state index is 0.0438. The smallest absolute Gasteiger partial charge is 0.256 e. The zero-order chi connectivity index (χ0) is 22.0. The van der Waals surface area contributed by atoms with E-state index in [4.69, 9.17) is 8.94 Å². The number of hydrogen-bond acceptors (Lipinski definition) is 8. The number of hydrogen-bond donors (Lipinski definition) is 2. The molecule has 3 aromatic heterocycles. The largest absolute Gasteiger partial charge is 0.443 e. The number of carbonyl (C=O) groups is 2. The molecule has 1 aromatic carbocycles. The summed E-state index contributed by atoms with van der Waals surface area (Å²) >= 11 is 1.12. The Morgan fingerprint density at radius 2 is 1.84 bits per heavy atom. The van der Waals surface area contributed by atoms with Crippen LogP contribution in [-0.4, -0.2) is 32.7 Å². The van der Waals surface area contributed by atoms with E-state index in [9.17, 15) is 9.59 Å². The van der Waals surface area contributed by atoms with Crippen LogP contribution in [0.1, 0.15) is 27.4 Å². The summed E-state index contributed by atoms with van der Waals surface area (Å²) < 4.78 is 10.7. The molecule has 2 N–H and O–H groups in total. The van der Waals surface area contributed by atoms with E-state index in [0.29, 0.717) is 45.0 Å². The summed E-state index contributed by atoms with van der Waals surface area (Å²) in [6, 6.07) is 10.5. The average molecular weight is 437 g/mol. The summed E-state index contributed by atoms with van der Waals surface area (Å²) in [5.74, 6) is 1.41. The second kappa shape index (κ2) is 8.60. The van der Waals surface area contributed by atoms with Crippen molar-refractivity contribution in [1.82, 2.24) is 15.1 Å². The van der Waals surface area contributed by atoms with Gasteiger partial charge in [-0.25, -0.2) is 4.98 Å². The van der Waals surface area contributed by atoms with Crippen molar-refractivity contribution in [2.75, 3.05) is 16.4 Å². The Labute approximate surface area is 181 Å². The molecule has 0 spiro atoms. The number of nitrogens with one attached hydrogen (secondary N) is 2. The molecule has 0 aliphatic heterocycles. The number of thioether (sulfide) groups is 1. The van der Waals surface area contributed by atoms with Gasteiger partial charge >= 0.3 is 0 Å². The van der Waals surface area contributed by atoms with Crippen LogP contribution in [0.15, 0.2) is 50.5 Å². The molecular weight excluding hydrogens is 418 g/mol. The molecule has 31 heavy (non-hydrogen) atoms. The van der Waals surface area contributed by atoms with Crippen LogP contribution >= 0.6 is 11.8 Å². The van der Waals surface area contributed by atoms with E-state index in [0.717, 1.165) is 17.3 Å². The summed E-state index contributed by atoms with van der Waals surface area (Å²) in [7, 11) is 0. The molecule has 0 aliphatic rings. The third-order valence-corrected chi connectivity index (χ3v) is 5.35. The van der Waals surface area contributed by atoms with Crippen molar-refractivity contribution >= 4 is 46.3 Å². The maximum atomic E-state index is 12.7. The lowest BCUT2D eigenvalue weighted by Crippen LogP contribution is -2.15. The van der Waals surface area contributed by atoms with Crippen molar-refractivity contribution in [2.24, 2.45) is 0 Å². The van der Waals surface area contributed by atoms with Crippen LogP contribution in [0.3, 0.4) is 0 Å². The summed E-state index contributed by atoms with van der Waals surface area (Å²) in [5, 5.41) is 10.1. The third kappa shape index (κ3) is 4.58. The number of fused-ring (bicyclic) bond motifs is 1. The van der Waals surface area contributed by atoms with Crippen LogP contribution < -0.4 is 10.6 Å². The number of aromatic nitrogens is 3. The first-order valence-electron chi connectivity index (χ1n) is 9.41. The van der Waals surface area contributed by atoms with Gasteiger partial charge in [0, 0.05) is 17.2 Å². The maximum Gasteiger partial charge on any atom is 0.256 e. The van der Waals surface area contributed by atoms with Gasteiger partial charge < -0.3 is 19.6 Å². The normalized spacial score (nSPS) is 10.9. The molecule has 4 aromatic rings. The number of aryl methyl sites for hydroxylation is 3. The number of furan rings is 1. The molecule has 0 aliphatic carbocycles. The fraction of sp³-hybridized carbons (Fsp3) is 0.190. The summed E-state index contributed by atoms with van der Waals surface area (Å²) in [6.45, 7) is 5.43. The SMILES string of the molecule is Cc1cc(NC(=O)CSc2nc(NC(=O)c3ccccc3)c3c(C)c(C)oc3n2)no1. The van der Waals surface area contributed by atoms with Gasteiger partial charge in [0.25, 0.3) is 5.91 Å². The predicted octanol–water partition coefficient (Wildman–Crippen LogP) is 4.12. The van der Waals surface area contributed by atoms with E-state index in [1.165, 1.54) is 0 Å². The van der Waals surface area contributed by atoms with Crippen LogP contribution in [0.5, 0.6) is 0 Å². The molecule has 0 radical (unpaired) electrons. The Morgan fingerprint density at radius 3 is 2.55 bits per heavy atom. The minimum atomic E-state index is -0.297. The molecule has 3 heterocycles. The van der Waals surface area contributed by atoms with Gasteiger partial charge in [0.05, 0.1) is 11.1 Å². The quantitative estimate of drug-likeness (QED) is 0.341. The molecule has 0 saturated heterocycles. The standard InChI is InChI=1S/C21H19N5O4S/c1-11-9-15(26-30-11)22-16(27)10-31-21-24-18(17-12(2)13(3)29-20(17)25-21)23-19(28)14-7-5-4-6-8-14/h4-9H,10H2,1-3H3,(H,22,26,27)(H,23,24,25,28). The third-order valence-electron chi connectivity index (χ3n) is 4.50. The van der Waals surface area contributed by atoms with Crippen molar-refractivity contribution in [3.63, 3.8) is 0 Å². The number of nitrogens with zero attached hydrogens (tertiary/aromatic N) is 3. The van der Waals surface area contributed by atoms with Gasteiger partial charge in [-0.05, 0) is 32.9 Å². The number of carbonyl (C=O) groups excluding carboxylic acids is 2. The van der Waals surface area contributed by atoms with Crippen molar-refractivity contribution in [3.8, 4) is 0 Å². The highest BCUT2D eigenvalue weighted by Gasteiger charge is 2.19. The van der Waals surface area contributed by atoms with Crippen molar-refractivity contribution in [2.45, 2.75) is 25.9 Å². The van der Waals surface area contributed by atoms with E-state index in [2.05, 4.69) is 25.8 Å². The summed E-state index contributed by atoms with van der Waals surface area (Å²) in [5.41, 5.74) is 1.70. The lowest BCUT2D eigenvalue weighted by atomic mass is 10.2. The highest BCUT2D eigenvalue weighted by Crippen LogP contribution is 2.31. The van der Waals surface area contributed by atoms with E-state index >= 15 is 0 Å². The average Bonchev–Trinajstić information content (AvgIpc) is 3.29. The second-order valence-corrected chi connectivity index (χ2v) is 7.74. The Kier molecular flexibility index (Phi) is 5.72. The Balaban J connectivity index is 1.56. The first-order chi connectivity index (χ1) is 14.9. The van der Waals surface area contributed by atoms with Gasteiger partial charge in [-0.1, -0.05) is 35.1 Å². The Morgan fingerprint density at radius 1 is 1.06 bits per heavy atom. The number of benzene rings is 1. The van der Waals surface area contributed by atoms with E-state index in [-0.39, 0.29) is 17.6 Å². The molecule has 158 valence electrons. The fourth-order valence-corrected chi connectivity index (χ4v) is 3.52. The first kappa shape index (κ1) is 20.6. The van der Waals surface area contributed by atoms with Crippen LogP contribution in [0, 0.1) is 20.8 Å². The second-order valence-electron chi connectivity index (χ2n) is 6.80. The van der Waals surface area contributed by atoms with Crippen LogP contribution in [0.4, 0.5) is 11.6 Å². The number of amides is 2. The van der Waals surface area contributed by atoms with Gasteiger partial charge in [0.2, 0.25) is 11.6 Å². The number of rotatable bonds is 6. The molecule has 0 atom stereocenters. The predicted molar refractivity (Wildman–Crippen MR) is 116 cm³/mol. The lowest BCUT2D eigenvalue weighted by molar-refractivity contribution is -0.113. The topological polar surface area (TPSA) is 123 Å². The van der Waals surface area contributed by atoms with Gasteiger partial charge in [-0.2, -0.15) is 4.98 Å². The monoisotopic (exact) mass is 437 g/mol. The van der Waals surface area contributed by atoms with E-state index in [1.807, 2.05) is 19.9 Å². The van der Waals surface area contributed by atoms with Gasteiger partial charge in [0.1, 0.15) is 17.3 Å². The zero-order valence-corrected chi connectivity index (χ0v) is 17.9. The van der Waals surface area contributed by atoms with Crippen LogP contribution in [0.2, 0.25) is 0 Å². The maximum absolute atomic E-state index is 12.7. The highest BCUT2D eigenvalue weighted by molar-refractivity contribution is 7.99. The molecular formula is C21H19N5O4S. The number of anilines is 2. The van der Waals surface area contributed by atoms with Crippen molar-refractivity contribution < 1.29 is 18.5 Å². The van der Waals surface area contributed by atoms with Gasteiger partial charge in [-0.15, -0.1) is 0 Å². The van der Waals surface area contributed by atoms with Crippen molar-refractivity contribution in [1.29, 1.82) is 0 Å². The van der Waals surface area contributed by atoms with Gasteiger partial charge in [0.15, 0.2) is 11.0 Å². The Hall–Kier alpha value is -3.66. The minimum Gasteiger partial charge on any atom is -0.443 e. The summed E-state index contributed by atoms with van der Waals surface area (Å²) in [6.07, 6.45) is 0. The Bertz CT molecular complexity index is 1270. The molecule has 0 unspecified atom stereocenters. The molecule has 4 rings (SSSR count). The lowest BCUT2D eigenvalue weighted by Gasteiger charge is -2.08. The first-order valence-corrected chi connectivity index (χ1v) is 10.4. The molecule has 0 bridgehead atoms. The highest BCUT2D eigenvalue weighted by atomic mass is 32.2. The summed E-state index contributed by atoms with van der Waals surface area (Å²) in [4.78, 5) is 33.7. The van der Waals surface area contributed by atoms with Gasteiger partial charge in [-0.3, -0.25) is 9.59 Å². The molecule has 0 saturated carbocycles. The molecule has 2 amide bonds. The van der Waals surface area contributed by atoms with E-state index in [1.54, 1.807) is 37.3 Å². The molecule has 9 nitrogen and oxygen atoms in total. The molecule has 0 fully saturated rings. The zero-order valence-electron chi connectivity index (χ0n) is 17.1. The van der Waals surface area contributed by atoms with Crippen LogP contribution in [0.25, 0.3) is 11.1 Å². The van der Waals surface area contributed by atoms with Crippen LogP contribution in [-0.2, 0) is 4.79 Å².